The Kier molecular flexibility index (Phi) is 5.11. The van der Waals surface area contributed by atoms with Gasteiger partial charge in [-0.15, -0.1) is 0 Å². The van der Waals surface area contributed by atoms with Crippen LogP contribution in [0.1, 0.15) is 51.5 Å². The fourth-order valence-electron chi connectivity index (χ4n) is 5.49. The number of allylic oxidation sites excluding steroid dienone is 2. The number of carbonyl (C=O) groups excluding carboxylic acids is 1. The first-order valence-electron chi connectivity index (χ1n) is 10.3. The van der Waals surface area contributed by atoms with E-state index in [0.717, 1.165) is 31.4 Å². The maximum absolute atomic E-state index is 13.0. The minimum Gasteiger partial charge on any atom is -0.462 e. The Morgan fingerprint density at radius 2 is 2.07 bits per heavy atom. The van der Waals surface area contributed by atoms with Crippen LogP contribution in [0.25, 0.3) is 0 Å². The Labute approximate surface area is 161 Å². The quantitative estimate of drug-likeness (QED) is 0.473. The minimum absolute atomic E-state index is 0.0280. The number of fused-ring (bicyclic) bond motifs is 2. The molecule has 0 aromatic heterocycles. The maximum Gasteiger partial charge on any atom is 0.310 e. The smallest absolute Gasteiger partial charge is 0.310 e. The van der Waals surface area contributed by atoms with Crippen molar-refractivity contribution >= 4 is 5.97 Å². The highest BCUT2D eigenvalue weighted by Crippen LogP contribution is 2.54. The number of halogens is 1. The largest absolute Gasteiger partial charge is 0.462 e. The van der Waals surface area contributed by atoms with Crippen LogP contribution in [-0.2, 0) is 16.0 Å². The van der Waals surface area contributed by atoms with Crippen LogP contribution in [0, 0.1) is 23.1 Å². The third-order valence-corrected chi connectivity index (χ3v) is 7.05. The van der Waals surface area contributed by atoms with E-state index in [0.29, 0.717) is 12.5 Å². The first-order valence-corrected chi connectivity index (χ1v) is 10.3. The van der Waals surface area contributed by atoms with Crippen LogP contribution in [0.15, 0.2) is 35.4 Å². The van der Waals surface area contributed by atoms with Crippen molar-refractivity contribution in [3.8, 4) is 0 Å². The molecule has 2 fully saturated rings. The van der Waals surface area contributed by atoms with E-state index in [9.17, 15) is 9.18 Å². The average Bonchev–Trinajstić information content (AvgIpc) is 2.92. The molecule has 4 atom stereocenters. The first kappa shape index (κ1) is 18.7. The lowest BCUT2D eigenvalue weighted by molar-refractivity contribution is -0.145. The van der Waals surface area contributed by atoms with Crippen LogP contribution in [0.3, 0.4) is 0 Å². The van der Waals surface area contributed by atoms with Crippen LogP contribution < -0.4 is 5.32 Å². The number of carbonyl (C=O) groups is 1. The Morgan fingerprint density at radius 3 is 2.85 bits per heavy atom. The molecule has 3 aliphatic rings. The van der Waals surface area contributed by atoms with Gasteiger partial charge in [0.15, 0.2) is 0 Å². The van der Waals surface area contributed by atoms with Crippen LogP contribution in [-0.4, -0.2) is 25.2 Å². The fourth-order valence-corrected chi connectivity index (χ4v) is 5.49. The molecule has 1 aromatic carbocycles. The summed E-state index contributed by atoms with van der Waals surface area (Å²) in [6.07, 6.45) is 6.61. The van der Waals surface area contributed by atoms with Crippen molar-refractivity contribution in [3.63, 3.8) is 0 Å². The van der Waals surface area contributed by atoms with Gasteiger partial charge in [-0.25, -0.2) is 4.39 Å². The molecule has 1 aliphatic heterocycles. The van der Waals surface area contributed by atoms with E-state index in [1.54, 1.807) is 11.1 Å². The van der Waals surface area contributed by atoms with Crippen molar-refractivity contribution in [2.45, 2.75) is 58.5 Å². The topological polar surface area (TPSA) is 38.3 Å². The summed E-state index contributed by atoms with van der Waals surface area (Å²) < 4.78 is 18.8. The fraction of sp³-hybridized carbons (Fsp3) is 0.609. The van der Waals surface area contributed by atoms with E-state index < -0.39 is 0 Å². The lowest BCUT2D eigenvalue weighted by Gasteiger charge is -2.45. The monoisotopic (exact) mass is 371 g/mol. The number of nitrogens with one attached hydrogen (secondary N) is 1. The van der Waals surface area contributed by atoms with Crippen molar-refractivity contribution in [2.75, 3.05) is 13.1 Å². The van der Waals surface area contributed by atoms with Gasteiger partial charge in [-0.3, -0.25) is 4.79 Å². The molecule has 1 saturated carbocycles. The van der Waals surface area contributed by atoms with E-state index in [1.165, 1.54) is 31.4 Å². The molecule has 2 aliphatic carbocycles. The second-order valence-corrected chi connectivity index (χ2v) is 8.91. The van der Waals surface area contributed by atoms with Crippen LogP contribution in [0.5, 0.6) is 0 Å². The van der Waals surface area contributed by atoms with Gasteiger partial charge in [0.25, 0.3) is 0 Å². The molecule has 1 aromatic rings. The standard InChI is InChI=1S/C23H30FNO2/c1-15-4-3-10-23(2)13-21-18(12-20(15)23)19(22(26)27-21)14-25-11-9-16-5-7-17(24)8-6-16/h5-8,18-19,21,25H,3-4,9-14H2,1-2H3/t18-,19-,21-,23-/m1/s1. The van der Waals surface area contributed by atoms with Crippen LogP contribution in [0.4, 0.5) is 4.39 Å². The number of hydrogen-bond donors (Lipinski definition) is 1. The average molecular weight is 371 g/mol. The van der Waals surface area contributed by atoms with Gasteiger partial charge in [0, 0.05) is 12.5 Å². The molecule has 1 saturated heterocycles. The Bertz CT molecular complexity index is 741. The molecule has 146 valence electrons. The molecule has 4 heteroatoms. The highest BCUT2D eigenvalue weighted by atomic mass is 19.1. The SMILES string of the molecule is CC1=C2C[C@H]3[C@@H](C[C@@]2(C)CCC1)OC(=O)[C@@H]3CNCCc1ccc(F)cc1. The van der Waals surface area contributed by atoms with Gasteiger partial charge in [-0.2, -0.15) is 0 Å². The molecule has 0 spiro atoms. The molecule has 1 heterocycles. The van der Waals surface area contributed by atoms with Gasteiger partial charge in [-0.1, -0.05) is 30.2 Å². The predicted molar refractivity (Wildman–Crippen MR) is 104 cm³/mol. The van der Waals surface area contributed by atoms with E-state index in [1.807, 2.05) is 12.1 Å². The first-order chi connectivity index (χ1) is 13.0. The van der Waals surface area contributed by atoms with Crippen molar-refractivity contribution < 1.29 is 13.9 Å². The van der Waals surface area contributed by atoms with E-state index in [-0.39, 0.29) is 29.2 Å². The van der Waals surface area contributed by atoms with Gasteiger partial charge in [-0.05, 0) is 75.1 Å². The van der Waals surface area contributed by atoms with Crippen LogP contribution in [0.2, 0.25) is 0 Å². The highest BCUT2D eigenvalue weighted by Gasteiger charge is 2.52. The van der Waals surface area contributed by atoms with Crippen LogP contribution >= 0.6 is 0 Å². The van der Waals surface area contributed by atoms with Crippen molar-refractivity contribution in [2.24, 2.45) is 17.3 Å². The van der Waals surface area contributed by atoms with Gasteiger partial charge in [0.05, 0.1) is 5.92 Å². The summed E-state index contributed by atoms with van der Waals surface area (Å²) in [5.74, 6) is 0.0322. The van der Waals surface area contributed by atoms with E-state index in [4.69, 9.17) is 4.74 Å². The van der Waals surface area contributed by atoms with Gasteiger partial charge >= 0.3 is 5.97 Å². The zero-order valence-corrected chi connectivity index (χ0v) is 16.4. The molecule has 0 unspecified atom stereocenters. The Hall–Kier alpha value is -1.68. The van der Waals surface area contributed by atoms with Gasteiger partial charge in [0.2, 0.25) is 0 Å². The Balaban J connectivity index is 1.36. The third-order valence-electron chi connectivity index (χ3n) is 7.05. The molecule has 4 rings (SSSR count). The molecule has 27 heavy (non-hydrogen) atoms. The number of benzene rings is 1. The summed E-state index contributed by atoms with van der Waals surface area (Å²) in [7, 11) is 0. The van der Waals surface area contributed by atoms with Gasteiger partial charge < -0.3 is 10.1 Å². The highest BCUT2D eigenvalue weighted by molar-refractivity contribution is 5.76. The number of esters is 1. The second-order valence-electron chi connectivity index (χ2n) is 8.91. The summed E-state index contributed by atoms with van der Waals surface area (Å²) in [5.41, 5.74) is 4.48. The van der Waals surface area contributed by atoms with E-state index in [2.05, 4.69) is 19.2 Å². The lowest BCUT2D eigenvalue weighted by Crippen LogP contribution is -2.40. The molecule has 1 N–H and O–H groups in total. The molecular formula is C23H30FNO2. The summed E-state index contributed by atoms with van der Waals surface area (Å²) in [6.45, 7) is 6.10. The van der Waals surface area contributed by atoms with Gasteiger partial charge in [0.1, 0.15) is 11.9 Å². The number of rotatable bonds is 5. The summed E-state index contributed by atoms with van der Waals surface area (Å²) in [6, 6.07) is 6.62. The normalized spacial score (nSPS) is 32.9. The summed E-state index contributed by atoms with van der Waals surface area (Å²) in [4.78, 5) is 12.5. The molecular weight excluding hydrogens is 341 g/mol. The molecule has 0 amide bonds. The van der Waals surface area contributed by atoms with Crippen molar-refractivity contribution in [1.29, 1.82) is 0 Å². The van der Waals surface area contributed by atoms with Crippen molar-refractivity contribution in [1.82, 2.24) is 5.32 Å². The second kappa shape index (κ2) is 7.38. The zero-order valence-electron chi connectivity index (χ0n) is 16.4. The molecule has 3 nitrogen and oxygen atoms in total. The lowest BCUT2D eigenvalue weighted by atomic mass is 9.59. The Morgan fingerprint density at radius 1 is 1.30 bits per heavy atom. The number of ether oxygens (including phenoxy) is 1. The predicted octanol–water partition coefficient (Wildman–Crippen LogP) is 4.42. The third kappa shape index (κ3) is 3.69. The van der Waals surface area contributed by atoms with E-state index >= 15 is 0 Å². The maximum atomic E-state index is 13.0. The summed E-state index contributed by atoms with van der Waals surface area (Å²) >= 11 is 0. The number of hydrogen-bond acceptors (Lipinski definition) is 3. The molecule has 0 bridgehead atoms. The molecule has 0 radical (unpaired) electrons. The zero-order chi connectivity index (χ0) is 19.0. The van der Waals surface area contributed by atoms with Crippen molar-refractivity contribution in [3.05, 3.63) is 46.8 Å². The minimum atomic E-state index is -0.205. The summed E-state index contributed by atoms with van der Waals surface area (Å²) in [5, 5.41) is 3.44.